The van der Waals surface area contributed by atoms with E-state index >= 15 is 0 Å². The van der Waals surface area contributed by atoms with Crippen molar-refractivity contribution in [3.05, 3.63) is 74.9 Å². The van der Waals surface area contributed by atoms with Crippen molar-refractivity contribution in [2.24, 2.45) is 0 Å². The summed E-state index contributed by atoms with van der Waals surface area (Å²) in [6, 6.07) is 14.8. The molecular weight excluding hydrogens is 382 g/mol. The molecule has 1 heterocycles. The first kappa shape index (κ1) is 19.3. The number of aryl methyl sites for hydroxylation is 1. The summed E-state index contributed by atoms with van der Waals surface area (Å²) in [5.41, 5.74) is 2.57. The normalized spacial score (nSPS) is 10.5. The van der Waals surface area contributed by atoms with Gasteiger partial charge in [0.15, 0.2) is 11.5 Å². The summed E-state index contributed by atoms with van der Waals surface area (Å²) in [5.74, 6) is 1.23. The highest BCUT2D eigenvalue weighted by Crippen LogP contribution is 2.28. The highest BCUT2D eigenvalue weighted by Gasteiger charge is 2.11. The Morgan fingerprint density at radius 1 is 1.11 bits per heavy atom. The number of carbonyl (C=O) groups excluding carboxylic acids is 1. The topological polar surface area (TPSA) is 47.6 Å². The first-order valence-electron chi connectivity index (χ1n) is 8.56. The van der Waals surface area contributed by atoms with Crippen LogP contribution in [0.1, 0.15) is 27.7 Å². The first-order chi connectivity index (χ1) is 13.1. The van der Waals surface area contributed by atoms with E-state index in [0.29, 0.717) is 40.3 Å². The third kappa shape index (κ3) is 5.02. The average Bonchev–Trinajstić information content (AvgIpc) is 3.13. The molecule has 0 radical (unpaired) electrons. The van der Waals surface area contributed by atoms with Crippen LogP contribution in [-0.2, 0) is 6.61 Å². The van der Waals surface area contributed by atoms with E-state index in [2.05, 4.69) is 5.32 Å². The standard InChI is InChI=1S/C21H20ClNO3S/c1-3-25-18-6-4-5-7-19(18)26-12-15-10-20(27-13-15)21(24)23-16-9-8-14(2)17(22)11-16/h4-11,13H,3,12H2,1-2H3,(H,23,24). The molecule has 140 valence electrons. The Morgan fingerprint density at radius 2 is 1.85 bits per heavy atom. The van der Waals surface area contributed by atoms with Gasteiger partial charge in [0.2, 0.25) is 0 Å². The quantitative estimate of drug-likeness (QED) is 0.533. The zero-order valence-electron chi connectivity index (χ0n) is 15.1. The van der Waals surface area contributed by atoms with Crippen LogP contribution in [-0.4, -0.2) is 12.5 Å². The van der Waals surface area contributed by atoms with Gasteiger partial charge in [-0.3, -0.25) is 4.79 Å². The predicted molar refractivity (Wildman–Crippen MR) is 110 cm³/mol. The maximum absolute atomic E-state index is 12.4. The molecule has 1 amide bonds. The van der Waals surface area contributed by atoms with Crippen molar-refractivity contribution in [1.82, 2.24) is 0 Å². The van der Waals surface area contributed by atoms with Crippen LogP contribution in [0.4, 0.5) is 5.69 Å². The smallest absolute Gasteiger partial charge is 0.265 e. The van der Waals surface area contributed by atoms with Gasteiger partial charge in [-0.05, 0) is 55.1 Å². The lowest BCUT2D eigenvalue weighted by atomic mass is 10.2. The number of para-hydroxylation sites is 2. The molecule has 0 aliphatic heterocycles. The molecule has 0 aliphatic rings. The van der Waals surface area contributed by atoms with Crippen LogP contribution in [0.15, 0.2) is 53.9 Å². The van der Waals surface area contributed by atoms with Crippen molar-refractivity contribution in [3.63, 3.8) is 0 Å². The Hall–Kier alpha value is -2.50. The summed E-state index contributed by atoms with van der Waals surface area (Å²) in [5, 5.41) is 5.41. The van der Waals surface area contributed by atoms with E-state index in [1.807, 2.05) is 61.7 Å². The molecule has 3 aromatic rings. The van der Waals surface area contributed by atoms with Crippen LogP contribution >= 0.6 is 22.9 Å². The maximum atomic E-state index is 12.4. The summed E-state index contributed by atoms with van der Waals surface area (Å²) in [6.07, 6.45) is 0. The Balaban J connectivity index is 1.62. The van der Waals surface area contributed by atoms with Crippen LogP contribution in [0.5, 0.6) is 11.5 Å². The van der Waals surface area contributed by atoms with Crippen LogP contribution in [0.3, 0.4) is 0 Å². The Bertz CT molecular complexity index is 939. The van der Waals surface area contributed by atoms with Gasteiger partial charge in [0, 0.05) is 16.3 Å². The molecule has 27 heavy (non-hydrogen) atoms. The fourth-order valence-electron chi connectivity index (χ4n) is 2.44. The van der Waals surface area contributed by atoms with E-state index in [-0.39, 0.29) is 5.91 Å². The number of ether oxygens (including phenoxy) is 2. The lowest BCUT2D eigenvalue weighted by Crippen LogP contribution is -2.10. The fraction of sp³-hybridized carbons (Fsp3) is 0.190. The zero-order valence-corrected chi connectivity index (χ0v) is 16.7. The predicted octanol–water partition coefficient (Wildman–Crippen LogP) is 5.94. The number of hydrogen-bond acceptors (Lipinski definition) is 4. The molecule has 0 atom stereocenters. The summed E-state index contributed by atoms with van der Waals surface area (Å²) in [7, 11) is 0. The minimum absolute atomic E-state index is 0.166. The van der Waals surface area contributed by atoms with Gasteiger partial charge >= 0.3 is 0 Å². The van der Waals surface area contributed by atoms with Crippen LogP contribution in [0.25, 0.3) is 0 Å². The van der Waals surface area contributed by atoms with E-state index in [1.54, 1.807) is 6.07 Å². The molecule has 6 heteroatoms. The van der Waals surface area contributed by atoms with Crippen molar-refractivity contribution < 1.29 is 14.3 Å². The summed E-state index contributed by atoms with van der Waals surface area (Å²) in [4.78, 5) is 13.0. The second-order valence-electron chi connectivity index (χ2n) is 5.91. The van der Waals surface area contributed by atoms with E-state index in [0.717, 1.165) is 11.1 Å². The molecule has 0 aliphatic carbocycles. The molecule has 0 unspecified atom stereocenters. The molecule has 0 fully saturated rings. The molecule has 4 nitrogen and oxygen atoms in total. The molecule has 1 N–H and O–H groups in total. The fourth-order valence-corrected chi connectivity index (χ4v) is 3.41. The third-order valence-corrected chi connectivity index (χ3v) is 5.24. The number of thiophene rings is 1. The van der Waals surface area contributed by atoms with Gasteiger partial charge in [-0.25, -0.2) is 0 Å². The second-order valence-corrected chi connectivity index (χ2v) is 7.22. The molecule has 0 saturated heterocycles. The monoisotopic (exact) mass is 401 g/mol. The Kier molecular flexibility index (Phi) is 6.37. The number of carbonyl (C=O) groups is 1. The highest BCUT2D eigenvalue weighted by molar-refractivity contribution is 7.12. The van der Waals surface area contributed by atoms with E-state index in [9.17, 15) is 4.79 Å². The third-order valence-electron chi connectivity index (χ3n) is 3.85. The second kappa shape index (κ2) is 8.93. The summed E-state index contributed by atoms with van der Waals surface area (Å²) in [6.45, 7) is 4.79. The number of benzene rings is 2. The van der Waals surface area contributed by atoms with Crippen molar-refractivity contribution in [1.29, 1.82) is 0 Å². The SMILES string of the molecule is CCOc1ccccc1OCc1csc(C(=O)Nc2ccc(C)c(Cl)c2)c1. The summed E-state index contributed by atoms with van der Waals surface area (Å²) >= 11 is 7.48. The number of amides is 1. The average molecular weight is 402 g/mol. The van der Waals surface area contributed by atoms with Gasteiger partial charge in [0.05, 0.1) is 11.5 Å². The largest absolute Gasteiger partial charge is 0.490 e. The summed E-state index contributed by atoms with van der Waals surface area (Å²) < 4.78 is 11.4. The Morgan fingerprint density at radius 3 is 2.56 bits per heavy atom. The lowest BCUT2D eigenvalue weighted by molar-refractivity contribution is 0.103. The highest BCUT2D eigenvalue weighted by atomic mass is 35.5. The van der Waals surface area contributed by atoms with Crippen molar-refractivity contribution in [2.75, 3.05) is 11.9 Å². The maximum Gasteiger partial charge on any atom is 0.265 e. The molecule has 0 saturated carbocycles. The van der Waals surface area contributed by atoms with Gasteiger partial charge in [0.25, 0.3) is 5.91 Å². The number of rotatable bonds is 7. The van der Waals surface area contributed by atoms with E-state index in [1.165, 1.54) is 11.3 Å². The number of halogens is 1. The Labute approximate surface area is 167 Å². The molecule has 2 aromatic carbocycles. The van der Waals surface area contributed by atoms with Crippen molar-refractivity contribution >= 4 is 34.5 Å². The van der Waals surface area contributed by atoms with Crippen molar-refractivity contribution in [3.8, 4) is 11.5 Å². The van der Waals surface area contributed by atoms with Crippen molar-refractivity contribution in [2.45, 2.75) is 20.5 Å². The molecule has 3 rings (SSSR count). The number of hydrogen-bond donors (Lipinski definition) is 1. The number of anilines is 1. The van der Waals surface area contributed by atoms with E-state index in [4.69, 9.17) is 21.1 Å². The van der Waals surface area contributed by atoms with Crippen LogP contribution in [0.2, 0.25) is 5.02 Å². The van der Waals surface area contributed by atoms with Gasteiger partial charge < -0.3 is 14.8 Å². The van der Waals surface area contributed by atoms with Crippen LogP contribution < -0.4 is 14.8 Å². The molecular formula is C21H20ClNO3S. The van der Waals surface area contributed by atoms with Gasteiger partial charge in [-0.1, -0.05) is 29.8 Å². The molecule has 0 spiro atoms. The van der Waals surface area contributed by atoms with Gasteiger partial charge in [0.1, 0.15) is 6.61 Å². The van der Waals surface area contributed by atoms with Gasteiger partial charge in [-0.15, -0.1) is 11.3 Å². The molecule has 1 aromatic heterocycles. The molecule has 0 bridgehead atoms. The minimum atomic E-state index is -0.166. The van der Waals surface area contributed by atoms with E-state index < -0.39 is 0 Å². The number of nitrogens with one attached hydrogen (secondary N) is 1. The zero-order chi connectivity index (χ0) is 19.2. The first-order valence-corrected chi connectivity index (χ1v) is 9.82. The minimum Gasteiger partial charge on any atom is -0.490 e. The van der Waals surface area contributed by atoms with Gasteiger partial charge in [-0.2, -0.15) is 0 Å². The lowest BCUT2D eigenvalue weighted by Gasteiger charge is -2.10. The van der Waals surface area contributed by atoms with Crippen LogP contribution in [0, 0.1) is 6.92 Å².